The van der Waals surface area contributed by atoms with Crippen LogP contribution in [0.15, 0.2) is 30.6 Å². The lowest BCUT2D eigenvalue weighted by Gasteiger charge is -2.37. The molecule has 11 nitrogen and oxygen atoms in total. The number of hydrogen-bond acceptors (Lipinski definition) is 9. The second-order valence-corrected chi connectivity index (χ2v) is 16.3. The Morgan fingerprint density at radius 2 is 1.71 bits per heavy atom. The van der Waals surface area contributed by atoms with Crippen molar-refractivity contribution >= 4 is 48.5 Å². The second kappa shape index (κ2) is 15.1. The monoisotopic (exact) mass is 771 g/mol. The quantitative estimate of drug-likeness (QED) is 0.194. The molecule has 2 saturated heterocycles. The molecule has 52 heavy (non-hydrogen) atoms. The first kappa shape index (κ1) is 38.2. The average molecular weight is 772 g/mol. The van der Waals surface area contributed by atoms with Gasteiger partial charge in [0.25, 0.3) is 10.2 Å². The van der Waals surface area contributed by atoms with E-state index < -0.39 is 35.5 Å². The molecule has 1 atom stereocenters. The van der Waals surface area contributed by atoms with Crippen molar-refractivity contribution in [3.05, 3.63) is 52.3 Å². The zero-order valence-electron chi connectivity index (χ0n) is 28.6. The number of nitriles is 1. The zero-order chi connectivity index (χ0) is 37.4. The number of fused-ring (bicyclic) bond motifs is 2. The van der Waals surface area contributed by atoms with E-state index in [2.05, 4.69) is 37.2 Å². The van der Waals surface area contributed by atoms with Gasteiger partial charge < -0.3 is 9.88 Å². The number of rotatable bonds is 11. The minimum atomic E-state index is -4.64. The summed E-state index contributed by atoms with van der Waals surface area (Å²) in [5.41, 5.74) is 3.62. The Hall–Kier alpha value is -3.54. The van der Waals surface area contributed by atoms with Crippen LogP contribution in [0.3, 0.4) is 0 Å². The lowest BCUT2D eigenvalue weighted by Crippen LogP contribution is -2.55. The summed E-state index contributed by atoms with van der Waals surface area (Å²) in [5, 5.41) is 15.0. The minimum absolute atomic E-state index is 0.0517. The van der Waals surface area contributed by atoms with Gasteiger partial charge in [0, 0.05) is 80.2 Å². The highest BCUT2D eigenvalue weighted by Crippen LogP contribution is 2.34. The highest BCUT2D eigenvalue weighted by molar-refractivity contribution is 7.87. The molecule has 0 amide bonds. The third kappa shape index (κ3) is 8.97. The van der Waals surface area contributed by atoms with Crippen molar-refractivity contribution in [2.45, 2.75) is 70.6 Å². The van der Waals surface area contributed by atoms with Gasteiger partial charge in [-0.3, -0.25) is 9.80 Å². The number of hydrogen-bond donors (Lipinski definition) is 2. The van der Waals surface area contributed by atoms with Crippen LogP contribution in [0.25, 0.3) is 21.1 Å². The van der Waals surface area contributed by atoms with Crippen molar-refractivity contribution in [2.75, 3.05) is 51.1 Å². The number of piperidine rings is 1. The van der Waals surface area contributed by atoms with Crippen LogP contribution >= 0.6 is 11.3 Å². The summed E-state index contributed by atoms with van der Waals surface area (Å²) in [6, 6.07) is 9.84. The van der Waals surface area contributed by atoms with E-state index in [1.165, 1.54) is 12.4 Å². The normalized spacial score (nSPS) is 18.3. The number of thiophene rings is 1. The summed E-state index contributed by atoms with van der Waals surface area (Å²) in [7, 11) is -4.25. The molecule has 1 aromatic carbocycles. The molecule has 6 rings (SSSR count). The van der Waals surface area contributed by atoms with Crippen molar-refractivity contribution in [1.82, 2.24) is 33.4 Å². The molecule has 0 radical (unpaired) electrons. The van der Waals surface area contributed by atoms with Crippen LogP contribution in [0.5, 0.6) is 0 Å². The van der Waals surface area contributed by atoms with E-state index in [0.717, 1.165) is 63.6 Å². The van der Waals surface area contributed by atoms with Crippen molar-refractivity contribution in [3.8, 4) is 6.07 Å². The number of piperazine rings is 1. The fraction of sp³-hybridized carbons (Fsp3) is 0.545. The topological polar surface area (TPSA) is 122 Å². The van der Waals surface area contributed by atoms with Gasteiger partial charge in [-0.05, 0) is 56.0 Å². The van der Waals surface area contributed by atoms with E-state index >= 15 is 0 Å². The first-order valence-corrected chi connectivity index (χ1v) is 19.1. The molecule has 0 spiro atoms. The summed E-state index contributed by atoms with van der Waals surface area (Å²) in [4.78, 5) is 13.6. The standard InChI is InChI=1S/C33H39F6N9O2S2/c1-21(46-9-11-47(12-10-46)52(49,50)43-19-33(37,38)39)17-48-25(16-40)13-27-22(2)23(3-4-29(27)48)18-45-7-5-24(6-8-45)44-30-28-14-26(15-32(34,35)36)51-31(28)42-20-41-30/h3-4,13-14,20-21,24,43H,5-12,15,17-19H2,1-2H3,(H,41,42,44)/t21-/m0/s1. The molecule has 0 bridgehead atoms. The van der Waals surface area contributed by atoms with Crippen molar-refractivity contribution in [1.29, 1.82) is 5.26 Å². The van der Waals surface area contributed by atoms with Gasteiger partial charge in [-0.15, -0.1) is 11.3 Å². The molecule has 0 unspecified atom stereocenters. The van der Waals surface area contributed by atoms with Crippen LogP contribution in [-0.2, 0) is 29.7 Å². The zero-order valence-corrected chi connectivity index (χ0v) is 30.2. The fourth-order valence-electron chi connectivity index (χ4n) is 6.99. The number of aromatic nitrogens is 3. The number of nitrogens with one attached hydrogen (secondary N) is 2. The molecule has 4 aromatic rings. The Bertz CT molecular complexity index is 2040. The summed E-state index contributed by atoms with van der Waals surface area (Å²) in [5.74, 6) is 0.550. The Morgan fingerprint density at radius 1 is 1.00 bits per heavy atom. The van der Waals surface area contributed by atoms with Crippen molar-refractivity contribution < 1.29 is 34.8 Å². The Balaban J connectivity index is 1.05. The summed E-state index contributed by atoms with van der Waals surface area (Å²) in [6.07, 6.45) is -6.91. The molecular formula is C33H39F6N9O2S2. The molecule has 2 aliphatic heterocycles. The second-order valence-electron chi connectivity index (χ2n) is 13.4. The number of anilines is 1. The van der Waals surface area contributed by atoms with Crippen LogP contribution in [-0.4, -0.2) is 107 Å². The van der Waals surface area contributed by atoms with E-state index in [4.69, 9.17) is 0 Å². The highest BCUT2D eigenvalue weighted by Gasteiger charge is 2.34. The SMILES string of the molecule is Cc1c(CN2CCC(Nc3ncnc4sc(CC(F)(F)F)cc34)CC2)ccc2c1cc(C#N)n2C[C@H](C)N1CCN(S(=O)(=O)NCC(F)(F)F)CC1. The van der Waals surface area contributed by atoms with E-state index in [-0.39, 0.29) is 30.1 Å². The maximum absolute atomic E-state index is 13.0. The molecule has 19 heteroatoms. The molecular weight excluding hydrogens is 733 g/mol. The van der Waals surface area contributed by atoms with Gasteiger partial charge in [-0.2, -0.15) is 49.0 Å². The van der Waals surface area contributed by atoms with Crippen molar-refractivity contribution in [2.24, 2.45) is 0 Å². The maximum Gasteiger partial charge on any atom is 0.402 e. The molecule has 5 heterocycles. The van der Waals surface area contributed by atoms with E-state index in [9.17, 15) is 40.0 Å². The number of benzene rings is 1. The van der Waals surface area contributed by atoms with E-state index in [1.807, 2.05) is 30.5 Å². The van der Waals surface area contributed by atoms with Gasteiger partial charge >= 0.3 is 12.4 Å². The summed E-state index contributed by atoms with van der Waals surface area (Å²) < 4.78 is 106. The average Bonchev–Trinajstić information content (AvgIpc) is 3.66. The first-order chi connectivity index (χ1) is 24.5. The highest BCUT2D eigenvalue weighted by atomic mass is 32.2. The predicted octanol–water partition coefficient (Wildman–Crippen LogP) is 5.41. The van der Waals surface area contributed by atoms with Crippen LogP contribution in [0.1, 0.15) is 41.5 Å². The largest absolute Gasteiger partial charge is 0.402 e. The third-order valence-electron chi connectivity index (χ3n) is 9.80. The predicted molar refractivity (Wildman–Crippen MR) is 186 cm³/mol. The lowest BCUT2D eigenvalue weighted by atomic mass is 10.0. The molecule has 282 valence electrons. The van der Waals surface area contributed by atoms with E-state index in [1.54, 1.807) is 4.72 Å². The van der Waals surface area contributed by atoms with Gasteiger partial charge in [-0.1, -0.05) is 6.07 Å². The van der Waals surface area contributed by atoms with Gasteiger partial charge in [-0.25, -0.2) is 9.97 Å². The number of likely N-dealkylation sites (tertiary alicyclic amines) is 1. The Labute approximate surface area is 301 Å². The molecule has 0 saturated carbocycles. The van der Waals surface area contributed by atoms with Crippen LogP contribution in [0.2, 0.25) is 0 Å². The summed E-state index contributed by atoms with van der Waals surface area (Å²) >= 11 is 1.03. The molecule has 2 fully saturated rings. The Morgan fingerprint density at radius 3 is 2.37 bits per heavy atom. The third-order valence-corrected chi connectivity index (χ3v) is 12.4. The number of halogens is 6. The molecule has 2 aliphatic rings. The van der Waals surface area contributed by atoms with Gasteiger partial charge in [0.1, 0.15) is 35.3 Å². The first-order valence-electron chi connectivity index (χ1n) is 16.9. The lowest BCUT2D eigenvalue weighted by molar-refractivity contribution is -0.126. The smallest absolute Gasteiger partial charge is 0.367 e. The van der Waals surface area contributed by atoms with Crippen LogP contribution in [0.4, 0.5) is 32.2 Å². The number of aryl methyl sites for hydroxylation is 1. The van der Waals surface area contributed by atoms with Gasteiger partial charge in [0.2, 0.25) is 0 Å². The van der Waals surface area contributed by atoms with E-state index in [0.29, 0.717) is 47.9 Å². The summed E-state index contributed by atoms with van der Waals surface area (Å²) in [6.45, 7) is 5.99. The molecule has 2 N–H and O–H groups in total. The van der Waals surface area contributed by atoms with Crippen LogP contribution < -0.4 is 10.0 Å². The maximum atomic E-state index is 13.0. The minimum Gasteiger partial charge on any atom is -0.367 e. The molecule has 3 aromatic heterocycles. The number of alkyl halides is 6. The number of nitrogens with zero attached hydrogens (tertiary/aromatic N) is 7. The Kier molecular flexibility index (Phi) is 11.1. The van der Waals surface area contributed by atoms with Crippen LogP contribution in [0, 0.1) is 18.3 Å². The van der Waals surface area contributed by atoms with Crippen molar-refractivity contribution in [3.63, 3.8) is 0 Å². The van der Waals surface area contributed by atoms with Gasteiger partial charge in [0.05, 0.1) is 11.8 Å². The van der Waals surface area contributed by atoms with Gasteiger partial charge in [0.15, 0.2) is 0 Å². The molecule has 0 aliphatic carbocycles. The fourth-order valence-corrected chi connectivity index (χ4v) is 9.18.